The van der Waals surface area contributed by atoms with Gasteiger partial charge in [0.25, 0.3) is 0 Å². The molecule has 0 saturated heterocycles. The Kier molecular flexibility index (Phi) is 4.03. The molecule has 0 spiro atoms. The van der Waals surface area contributed by atoms with E-state index >= 15 is 0 Å². The molecule has 0 radical (unpaired) electrons. The van der Waals surface area contributed by atoms with Gasteiger partial charge in [0.15, 0.2) is 5.76 Å². The number of aromatic carboxylic acids is 1. The van der Waals surface area contributed by atoms with Crippen molar-refractivity contribution in [3.63, 3.8) is 0 Å². The lowest BCUT2D eigenvalue weighted by Gasteiger charge is -2.09. The number of furan rings is 1. The molecular formula is C15H14O4. The number of hydrogen-bond acceptors (Lipinski definition) is 3. The highest BCUT2D eigenvalue weighted by Gasteiger charge is 2.14. The van der Waals surface area contributed by atoms with Crippen LogP contribution < -0.4 is 4.74 Å². The van der Waals surface area contributed by atoms with Crippen LogP contribution in [0.3, 0.4) is 0 Å². The van der Waals surface area contributed by atoms with Crippen LogP contribution in [0.15, 0.2) is 53.7 Å². The van der Waals surface area contributed by atoms with Gasteiger partial charge in [0, 0.05) is 0 Å². The quantitative estimate of drug-likeness (QED) is 0.808. The van der Waals surface area contributed by atoms with E-state index in [1.54, 1.807) is 6.08 Å². The smallest absolute Gasteiger partial charge is 0.339 e. The van der Waals surface area contributed by atoms with Crippen molar-refractivity contribution in [3.05, 3.63) is 66.1 Å². The maximum absolute atomic E-state index is 10.9. The molecule has 0 saturated carbocycles. The molecule has 1 aromatic carbocycles. The first-order chi connectivity index (χ1) is 9.22. The topological polar surface area (TPSA) is 59.7 Å². The third-order valence-corrected chi connectivity index (χ3v) is 2.67. The number of rotatable bonds is 6. The van der Waals surface area contributed by atoms with Gasteiger partial charge in [0.05, 0.1) is 6.26 Å². The fourth-order valence-electron chi connectivity index (χ4n) is 1.76. The molecule has 0 bridgehead atoms. The summed E-state index contributed by atoms with van der Waals surface area (Å²) < 4.78 is 10.7. The predicted molar refractivity (Wildman–Crippen MR) is 70.3 cm³/mol. The van der Waals surface area contributed by atoms with Crippen molar-refractivity contribution >= 4 is 5.97 Å². The van der Waals surface area contributed by atoms with Crippen LogP contribution in [0.1, 0.15) is 21.7 Å². The molecule has 4 heteroatoms. The Morgan fingerprint density at radius 3 is 2.89 bits per heavy atom. The molecule has 4 nitrogen and oxygen atoms in total. The van der Waals surface area contributed by atoms with E-state index in [9.17, 15) is 4.79 Å². The fraction of sp³-hybridized carbons (Fsp3) is 0.133. The summed E-state index contributed by atoms with van der Waals surface area (Å²) in [5.41, 5.74) is 1.13. The number of carbonyl (C=O) groups is 1. The van der Waals surface area contributed by atoms with Crippen molar-refractivity contribution in [2.45, 2.75) is 13.0 Å². The van der Waals surface area contributed by atoms with Gasteiger partial charge in [-0.25, -0.2) is 4.79 Å². The summed E-state index contributed by atoms with van der Waals surface area (Å²) in [4.78, 5) is 10.9. The second-order valence-corrected chi connectivity index (χ2v) is 3.95. The van der Waals surface area contributed by atoms with Crippen LogP contribution in [-0.4, -0.2) is 11.1 Å². The van der Waals surface area contributed by atoms with Crippen LogP contribution in [0.25, 0.3) is 0 Å². The minimum atomic E-state index is -1.02. The molecule has 0 amide bonds. The van der Waals surface area contributed by atoms with Crippen LogP contribution in [0.4, 0.5) is 0 Å². The van der Waals surface area contributed by atoms with Crippen molar-refractivity contribution in [1.82, 2.24) is 0 Å². The van der Waals surface area contributed by atoms with Gasteiger partial charge in [-0.15, -0.1) is 6.58 Å². The molecule has 2 aromatic rings. The molecule has 19 heavy (non-hydrogen) atoms. The molecular weight excluding hydrogens is 244 g/mol. The molecule has 98 valence electrons. The van der Waals surface area contributed by atoms with Gasteiger partial charge in [-0.1, -0.05) is 24.3 Å². The van der Waals surface area contributed by atoms with Crippen molar-refractivity contribution < 1.29 is 19.1 Å². The molecule has 1 aromatic heterocycles. The normalized spacial score (nSPS) is 10.1. The standard InChI is InChI=1S/C15H14O4/c1-2-5-11-6-3-4-7-13(11)19-10-14-12(15(16)17)8-9-18-14/h2-4,6-9H,1,5,10H2,(H,16,17). The fourth-order valence-corrected chi connectivity index (χ4v) is 1.76. The van der Waals surface area contributed by atoms with Crippen molar-refractivity contribution in [2.75, 3.05) is 0 Å². The van der Waals surface area contributed by atoms with Gasteiger partial charge in [0.1, 0.15) is 17.9 Å². The lowest BCUT2D eigenvalue weighted by atomic mass is 10.1. The van der Waals surface area contributed by atoms with E-state index in [1.165, 1.54) is 12.3 Å². The lowest BCUT2D eigenvalue weighted by molar-refractivity contribution is 0.0692. The van der Waals surface area contributed by atoms with Gasteiger partial charge in [-0.05, 0) is 24.1 Å². The van der Waals surface area contributed by atoms with Crippen molar-refractivity contribution in [3.8, 4) is 5.75 Å². The highest BCUT2D eigenvalue weighted by atomic mass is 16.5. The molecule has 0 atom stereocenters. The average Bonchev–Trinajstić information content (AvgIpc) is 2.86. The van der Waals surface area contributed by atoms with Gasteiger partial charge in [-0.2, -0.15) is 0 Å². The van der Waals surface area contributed by atoms with E-state index in [2.05, 4.69) is 6.58 Å². The van der Waals surface area contributed by atoms with E-state index in [4.69, 9.17) is 14.3 Å². The molecule has 0 aliphatic carbocycles. The summed E-state index contributed by atoms with van der Waals surface area (Å²) in [5.74, 6) is -0.0113. The van der Waals surface area contributed by atoms with Crippen LogP contribution in [0, 0.1) is 0 Å². The molecule has 1 heterocycles. The molecule has 2 rings (SSSR count). The van der Waals surface area contributed by atoms with E-state index in [0.29, 0.717) is 17.9 Å². The monoisotopic (exact) mass is 258 g/mol. The first-order valence-electron chi connectivity index (χ1n) is 5.83. The molecule has 0 aliphatic rings. The first kappa shape index (κ1) is 13.0. The van der Waals surface area contributed by atoms with Crippen molar-refractivity contribution in [1.29, 1.82) is 0 Å². The summed E-state index contributed by atoms with van der Waals surface area (Å²) in [7, 11) is 0. The number of hydrogen-bond donors (Lipinski definition) is 1. The Balaban J connectivity index is 2.12. The minimum Gasteiger partial charge on any atom is -0.485 e. The first-order valence-corrected chi connectivity index (χ1v) is 5.83. The second-order valence-electron chi connectivity index (χ2n) is 3.95. The van der Waals surface area contributed by atoms with Gasteiger partial charge in [0.2, 0.25) is 0 Å². The Labute approximate surface area is 110 Å². The van der Waals surface area contributed by atoms with E-state index in [1.807, 2.05) is 24.3 Å². The van der Waals surface area contributed by atoms with Crippen LogP contribution in [-0.2, 0) is 13.0 Å². The largest absolute Gasteiger partial charge is 0.485 e. The van der Waals surface area contributed by atoms with Crippen LogP contribution >= 0.6 is 0 Å². The number of para-hydroxylation sites is 1. The SMILES string of the molecule is C=CCc1ccccc1OCc1occc1C(=O)O. The Bertz CT molecular complexity index is 583. The number of ether oxygens (including phenoxy) is 1. The Morgan fingerprint density at radius 1 is 1.37 bits per heavy atom. The number of benzene rings is 1. The zero-order chi connectivity index (χ0) is 13.7. The average molecular weight is 258 g/mol. The maximum Gasteiger partial charge on any atom is 0.339 e. The third kappa shape index (κ3) is 3.04. The minimum absolute atomic E-state index is 0.0861. The van der Waals surface area contributed by atoms with E-state index < -0.39 is 5.97 Å². The highest BCUT2D eigenvalue weighted by molar-refractivity contribution is 5.88. The number of carboxylic acids is 1. The van der Waals surface area contributed by atoms with E-state index in [0.717, 1.165) is 5.56 Å². The van der Waals surface area contributed by atoms with Gasteiger partial charge < -0.3 is 14.3 Å². The summed E-state index contributed by atoms with van der Waals surface area (Å²) >= 11 is 0. The van der Waals surface area contributed by atoms with Gasteiger partial charge >= 0.3 is 5.97 Å². The Hall–Kier alpha value is -2.49. The van der Waals surface area contributed by atoms with E-state index in [-0.39, 0.29) is 12.2 Å². The lowest BCUT2D eigenvalue weighted by Crippen LogP contribution is -2.03. The molecule has 0 fully saturated rings. The molecule has 0 unspecified atom stereocenters. The Morgan fingerprint density at radius 2 is 2.16 bits per heavy atom. The number of allylic oxidation sites excluding steroid dienone is 1. The number of carboxylic acid groups (broad SMARTS) is 1. The van der Waals surface area contributed by atoms with Crippen LogP contribution in [0.2, 0.25) is 0 Å². The third-order valence-electron chi connectivity index (χ3n) is 2.67. The summed E-state index contributed by atoms with van der Waals surface area (Å²) in [6.07, 6.45) is 3.83. The van der Waals surface area contributed by atoms with Gasteiger partial charge in [-0.3, -0.25) is 0 Å². The maximum atomic E-state index is 10.9. The zero-order valence-corrected chi connectivity index (χ0v) is 10.3. The van der Waals surface area contributed by atoms with Crippen LogP contribution in [0.5, 0.6) is 5.75 Å². The zero-order valence-electron chi connectivity index (χ0n) is 10.3. The molecule has 0 aliphatic heterocycles. The summed E-state index contributed by atoms with van der Waals surface area (Å²) in [6, 6.07) is 8.97. The highest BCUT2D eigenvalue weighted by Crippen LogP contribution is 2.21. The summed E-state index contributed by atoms with van der Waals surface area (Å²) in [5, 5.41) is 8.96. The molecule has 1 N–H and O–H groups in total. The van der Waals surface area contributed by atoms with Crippen molar-refractivity contribution in [2.24, 2.45) is 0 Å². The second kappa shape index (κ2) is 5.91. The predicted octanol–water partition coefficient (Wildman–Crippen LogP) is 3.29. The summed E-state index contributed by atoms with van der Waals surface area (Å²) in [6.45, 7) is 3.78.